The molecular formula is C14H10BrN5O2S. The van der Waals surface area contributed by atoms with Crippen LogP contribution >= 0.6 is 27.3 Å². The molecule has 0 saturated carbocycles. The van der Waals surface area contributed by atoms with E-state index >= 15 is 0 Å². The lowest BCUT2D eigenvalue weighted by atomic mass is 10.4. The second-order valence-corrected chi connectivity index (χ2v) is 7.20. The molecule has 7 nitrogen and oxygen atoms in total. The number of aromatic nitrogens is 4. The van der Waals surface area contributed by atoms with Crippen molar-refractivity contribution in [2.75, 3.05) is 0 Å². The van der Waals surface area contributed by atoms with Crippen molar-refractivity contribution >= 4 is 37.5 Å². The maximum absolute atomic E-state index is 12.8. The Labute approximate surface area is 142 Å². The molecule has 0 radical (unpaired) electrons. The largest absolute Gasteiger partial charge is 0.337 e. The van der Waals surface area contributed by atoms with E-state index in [4.69, 9.17) is 5.26 Å². The maximum Gasteiger partial charge on any atom is 0.337 e. The molecule has 116 valence electrons. The van der Waals surface area contributed by atoms with Crippen LogP contribution < -0.4 is 11.2 Å². The zero-order chi connectivity index (χ0) is 16.6. The minimum Gasteiger partial charge on any atom is -0.291 e. The number of nitriles is 1. The molecule has 0 aliphatic carbocycles. The first-order valence-electron chi connectivity index (χ1n) is 6.64. The van der Waals surface area contributed by atoms with Crippen LogP contribution in [0.2, 0.25) is 0 Å². The average molecular weight is 392 g/mol. The highest BCUT2D eigenvalue weighted by molar-refractivity contribution is 9.11. The SMILES string of the molecule is Cc1cncc(-n2c(=O)c3sc(Br)cc3n(CCC#N)c2=O)n1. The molecule has 23 heavy (non-hydrogen) atoms. The predicted octanol–water partition coefficient (Wildman–Crippen LogP) is 1.99. The second kappa shape index (κ2) is 6.06. The molecule has 3 rings (SSSR count). The third-order valence-corrected chi connectivity index (χ3v) is 4.83. The van der Waals surface area contributed by atoms with Gasteiger partial charge in [-0.2, -0.15) is 5.26 Å². The molecule has 0 fully saturated rings. The number of thiophene rings is 1. The van der Waals surface area contributed by atoms with E-state index in [-0.39, 0.29) is 18.8 Å². The first-order valence-corrected chi connectivity index (χ1v) is 8.24. The van der Waals surface area contributed by atoms with Crippen LogP contribution in [0.25, 0.3) is 16.0 Å². The van der Waals surface area contributed by atoms with E-state index in [9.17, 15) is 9.59 Å². The summed E-state index contributed by atoms with van der Waals surface area (Å²) < 4.78 is 3.59. The zero-order valence-corrected chi connectivity index (χ0v) is 14.4. The first kappa shape index (κ1) is 15.6. The van der Waals surface area contributed by atoms with Gasteiger partial charge in [0, 0.05) is 12.7 Å². The molecular weight excluding hydrogens is 382 g/mol. The number of hydrogen-bond acceptors (Lipinski definition) is 6. The Bertz CT molecular complexity index is 1060. The van der Waals surface area contributed by atoms with Crippen molar-refractivity contribution in [1.82, 2.24) is 19.1 Å². The van der Waals surface area contributed by atoms with Gasteiger partial charge in [-0.25, -0.2) is 14.3 Å². The maximum atomic E-state index is 12.8. The molecule has 0 N–H and O–H groups in total. The number of nitrogens with zero attached hydrogens (tertiary/aromatic N) is 5. The van der Waals surface area contributed by atoms with Gasteiger partial charge in [0.25, 0.3) is 5.56 Å². The molecule has 0 saturated heterocycles. The van der Waals surface area contributed by atoms with E-state index in [2.05, 4.69) is 25.9 Å². The van der Waals surface area contributed by atoms with Crippen LogP contribution in [0.3, 0.4) is 0 Å². The summed E-state index contributed by atoms with van der Waals surface area (Å²) in [5.41, 5.74) is 0.158. The van der Waals surface area contributed by atoms with Crippen LogP contribution in [0.15, 0.2) is 31.8 Å². The van der Waals surface area contributed by atoms with E-state index in [1.807, 2.05) is 6.07 Å². The lowest BCUT2D eigenvalue weighted by molar-refractivity contribution is 0.657. The summed E-state index contributed by atoms with van der Waals surface area (Å²) in [6.07, 6.45) is 3.09. The molecule has 3 aromatic heterocycles. The average Bonchev–Trinajstić information content (AvgIpc) is 2.89. The molecule has 0 amide bonds. The van der Waals surface area contributed by atoms with E-state index in [0.717, 1.165) is 8.35 Å². The van der Waals surface area contributed by atoms with Crippen LogP contribution in [0.1, 0.15) is 12.1 Å². The number of aryl methyl sites for hydroxylation is 2. The van der Waals surface area contributed by atoms with Crippen molar-refractivity contribution in [3.8, 4) is 11.9 Å². The van der Waals surface area contributed by atoms with Crippen molar-refractivity contribution < 1.29 is 0 Å². The fourth-order valence-corrected chi connectivity index (χ4v) is 3.78. The molecule has 0 unspecified atom stereocenters. The van der Waals surface area contributed by atoms with Crippen molar-refractivity contribution in [2.24, 2.45) is 0 Å². The summed E-state index contributed by atoms with van der Waals surface area (Å²) in [5, 5.41) is 8.81. The van der Waals surface area contributed by atoms with Gasteiger partial charge >= 0.3 is 5.69 Å². The van der Waals surface area contributed by atoms with E-state index in [1.54, 1.807) is 19.2 Å². The fourth-order valence-electron chi connectivity index (χ4n) is 2.26. The summed E-state index contributed by atoms with van der Waals surface area (Å²) in [4.78, 5) is 33.7. The standard InChI is InChI=1S/C14H10BrN5O2S/c1-8-6-17-7-11(18-8)20-13(21)12-9(5-10(15)23-12)19(14(20)22)4-2-3-16/h5-7H,2,4H2,1H3. The Morgan fingerprint density at radius 3 is 2.87 bits per heavy atom. The molecule has 3 heterocycles. The first-order chi connectivity index (χ1) is 11.0. The normalized spacial score (nSPS) is 10.8. The Morgan fingerprint density at radius 1 is 1.39 bits per heavy atom. The third-order valence-electron chi connectivity index (χ3n) is 3.21. The highest BCUT2D eigenvalue weighted by atomic mass is 79.9. The topological polar surface area (TPSA) is 93.6 Å². The van der Waals surface area contributed by atoms with Crippen LogP contribution in [-0.4, -0.2) is 19.1 Å². The van der Waals surface area contributed by atoms with Gasteiger partial charge in [-0.3, -0.25) is 14.3 Å². The fraction of sp³-hybridized carbons (Fsp3) is 0.214. The quantitative estimate of drug-likeness (QED) is 0.680. The number of fused-ring (bicyclic) bond motifs is 1. The molecule has 0 aromatic carbocycles. The minimum atomic E-state index is -0.525. The van der Waals surface area contributed by atoms with Gasteiger partial charge in [0.1, 0.15) is 4.70 Å². The van der Waals surface area contributed by atoms with E-state index in [1.165, 1.54) is 22.1 Å². The summed E-state index contributed by atoms with van der Waals surface area (Å²) in [7, 11) is 0. The highest BCUT2D eigenvalue weighted by Crippen LogP contribution is 2.26. The zero-order valence-electron chi connectivity index (χ0n) is 12.0. The van der Waals surface area contributed by atoms with Crippen LogP contribution in [0, 0.1) is 18.3 Å². The van der Waals surface area contributed by atoms with Gasteiger partial charge in [0.15, 0.2) is 5.82 Å². The van der Waals surface area contributed by atoms with Crippen LogP contribution in [-0.2, 0) is 6.54 Å². The predicted molar refractivity (Wildman–Crippen MR) is 89.9 cm³/mol. The van der Waals surface area contributed by atoms with Gasteiger partial charge in [-0.15, -0.1) is 11.3 Å². The van der Waals surface area contributed by atoms with Gasteiger partial charge < -0.3 is 0 Å². The van der Waals surface area contributed by atoms with Crippen molar-refractivity contribution in [1.29, 1.82) is 5.26 Å². The highest BCUT2D eigenvalue weighted by Gasteiger charge is 2.17. The van der Waals surface area contributed by atoms with Gasteiger partial charge in [0.05, 0.1) is 33.7 Å². The van der Waals surface area contributed by atoms with E-state index < -0.39 is 11.2 Å². The lowest BCUT2D eigenvalue weighted by Gasteiger charge is -2.10. The molecule has 9 heteroatoms. The van der Waals surface area contributed by atoms with Crippen molar-refractivity contribution in [2.45, 2.75) is 19.9 Å². The second-order valence-electron chi connectivity index (χ2n) is 4.77. The minimum absolute atomic E-state index is 0.167. The summed E-state index contributed by atoms with van der Waals surface area (Å²) >= 11 is 4.58. The summed E-state index contributed by atoms with van der Waals surface area (Å²) in [5.74, 6) is 0.178. The van der Waals surface area contributed by atoms with Gasteiger partial charge in [-0.1, -0.05) is 0 Å². The third kappa shape index (κ3) is 2.71. The van der Waals surface area contributed by atoms with Gasteiger partial charge in [-0.05, 0) is 28.9 Å². The van der Waals surface area contributed by atoms with Gasteiger partial charge in [0.2, 0.25) is 0 Å². The van der Waals surface area contributed by atoms with E-state index in [0.29, 0.717) is 15.9 Å². The Balaban J connectivity index is 2.41. The number of halogens is 1. The lowest BCUT2D eigenvalue weighted by Crippen LogP contribution is -2.39. The molecule has 0 atom stereocenters. The summed E-state index contributed by atoms with van der Waals surface area (Å²) in [6, 6.07) is 3.73. The smallest absolute Gasteiger partial charge is 0.291 e. The van der Waals surface area contributed by atoms with Crippen LogP contribution in [0.5, 0.6) is 0 Å². The van der Waals surface area contributed by atoms with Crippen LogP contribution in [0.4, 0.5) is 0 Å². The molecule has 0 aliphatic heterocycles. The molecule has 0 aliphatic rings. The molecule has 0 bridgehead atoms. The Morgan fingerprint density at radius 2 is 2.17 bits per heavy atom. The monoisotopic (exact) mass is 391 g/mol. The van der Waals surface area contributed by atoms with Crippen molar-refractivity contribution in [3.63, 3.8) is 0 Å². The Hall–Kier alpha value is -2.31. The number of rotatable bonds is 3. The molecule has 3 aromatic rings. The molecule has 0 spiro atoms. The Kier molecular flexibility index (Phi) is 4.11. The van der Waals surface area contributed by atoms with Crippen molar-refractivity contribution in [3.05, 3.63) is 48.8 Å². The number of hydrogen-bond donors (Lipinski definition) is 0. The summed E-state index contributed by atoms with van der Waals surface area (Å²) in [6.45, 7) is 1.94.